The predicted molar refractivity (Wildman–Crippen MR) is 83.4 cm³/mol. The molecule has 1 amide bonds. The second-order valence-electron chi connectivity index (χ2n) is 6.38. The number of rotatable bonds is 4. The topological polar surface area (TPSA) is 74.7 Å². The van der Waals surface area contributed by atoms with Gasteiger partial charge in [-0.15, -0.1) is 0 Å². The number of fused-ring (bicyclic) bond motifs is 1. The van der Waals surface area contributed by atoms with Gasteiger partial charge < -0.3 is 20.1 Å². The van der Waals surface area contributed by atoms with Gasteiger partial charge in [-0.1, -0.05) is 0 Å². The zero-order valence-electron chi connectivity index (χ0n) is 13.8. The molecule has 0 spiro atoms. The van der Waals surface area contributed by atoms with Crippen molar-refractivity contribution in [2.75, 3.05) is 24.6 Å². The Morgan fingerprint density at radius 3 is 2.76 bits per heavy atom. The first kappa shape index (κ1) is 17.9. The molecule has 138 valence electrons. The van der Waals surface area contributed by atoms with E-state index in [4.69, 9.17) is 9.84 Å². The van der Waals surface area contributed by atoms with Gasteiger partial charge in [-0.25, -0.2) is 4.98 Å². The van der Waals surface area contributed by atoms with Crippen molar-refractivity contribution in [2.24, 2.45) is 0 Å². The van der Waals surface area contributed by atoms with Crippen LogP contribution in [0.25, 0.3) is 0 Å². The summed E-state index contributed by atoms with van der Waals surface area (Å²) in [6.45, 7) is 2.76. The maximum Gasteiger partial charge on any atom is 0.416 e. The fraction of sp³-hybridized carbons (Fsp3) is 0.625. The monoisotopic (exact) mass is 359 g/mol. The summed E-state index contributed by atoms with van der Waals surface area (Å²) in [5.41, 5.74) is 2.21. The van der Waals surface area contributed by atoms with Crippen LogP contribution in [0.15, 0.2) is 6.07 Å². The SMILES string of the molecule is Cc1cc2c(nc1N1CCC(OC[C@@H](O)C(F)(F)F)CC1)CNC2=O. The van der Waals surface area contributed by atoms with E-state index in [2.05, 4.69) is 15.2 Å². The molecule has 9 heteroatoms. The van der Waals surface area contributed by atoms with E-state index in [0.29, 0.717) is 38.0 Å². The van der Waals surface area contributed by atoms with Crippen molar-refractivity contribution in [1.82, 2.24) is 10.3 Å². The fourth-order valence-corrected chi connectivity index (χ4v) is 3.11. The number of nitrogens with one attached hydrogen (secondary N) is 1. The second kappa shape index (κ2) is 6.80. The summed E-state index contributed by atoms with van der Waals surface area (Å²) in [5.74, 6) is 0.677. The number of aliphatic hydroxyl groups excluding tert-OH is 1. The molecule has 0 saturated carbocycles. The highest BCUT2D eigenvalue weighted by Gasteiger charge is 2.39. The summed E-state index contributed by atoms with van der Waals surface area (Å²) >= 11 is 0. The fourth-order valence-electron chi connectivity index (χ4n) is 3.11. The van der Waals surface area contributed by atoms with E-state index in [-0.39, 0.29) is 12.0 Å². The van der Waals surface area contributed by atoms with Crippen molar-refractivity contribution in [3.8, 4) is 0 Å². The molecule has 3 heterocycles. The lowest BCUT2D eigenvalue weighted by Crippen LogP contribution is -2.40. The molecule has 0 aliphatic carbocycles. The van der Waals surface area contributed by atoms with Crippen molar-refractivity contribution in [2.45, 2.75) is 44.7 Å². The van der Waals surface area contributed by atoms with Gasteiger partial charge in [0, 0.05) is 13.1 Å². The Balaban J connectivity index is 1.57. The van der Waals surface area contributed by atoms with Crippen LogP contribution >= 0.6 is 0 Å². The molecule has 25 heavy (non-hydrogen) atoms. The Bertz CT molecular complexity index is 658. The largest absolute Gasteiger partial charge is 0.416 e. The maximum atomic E-state index is 12.3. The molecule has 0 unspecified atom stereocenters. The first-order chi connectivity index (χ1) is 11.8. The molecule has 1 aromatic rings. The van der Waals surface area contributed by atoms with Gasteiger partial charge in [0.25, 0.3) is 5.91 Å². The van der Waals surface area contributed by atoms with E-state index in [9.17, 15) is 18.0 Å². The number of piperidine rings is 1. The molecule has 2 aliphatic heterocycles. The number of aromatic nitrogens is 1. The summed E-state index contributed by atoms with van der Waals surface area (Å²) in [7, 11) is 0. The van der Waals surface area contributed by atoms with E-state index in [1.54, 1.807) is 0 Å². The van der Waals surface area contributed by atoms with Crippen LogP contribution in [-0.4, -0.2) is 54.1 Å². The Kier molecular flexibility index (Phi) is 4.88. The molecule has 0 aromatic carbocycles. The average Bonchev–Trinajstić information content (AvgIpc) is 2.92. The highest BCUT2D eigenvalue weighted by atomic mass is 19.4. The highest BCUT2D eigenvalue weighted by molar-refractivity contribution is 5.98. The van der Waals surface area contributed by atoms with Crippen molar-refractivity contribution in [1.29, 1.82) is 0 Å². The summed E-state index contributed by atoms with van der Waals surface area (Å²) in [6, 6.07) is 1.82. The van der Waals surface area contributed by atoms with Gasteiger partial charge in [-0.3, -0.25) is 4.79 Å². The number of ether oxygens (including phenoxy) is 1. The molecule has 1 aromatic heterocycles. The van der Waals surface area contributed by atoms with Crippen LogP contribution < -0.4 is 10.2 Å². The van der Waals surface area contributed by atoms with Crippen molar-refractivity contribution in [3.05, 3.63) is 22.9 Å². The number of halogens is 3. The smallest absolute Gasteiger partial charge is 0.382 e. The van der Waals surface area contributed by atoms with Gasteiger partial charge >= 0.3 is 6.18 Å². The van der Waals surface area contributed by atoms with Gasteiger partial charge in [-0.05, 0) is 31.4 Å². The number of carbonyl (C=O) groups excluding carboxylic acids is 1. The van der Waals surface area contributed by atoms with E-state index >= 15 is 0 Å². The van der Waals surface area contributed by atoms with Crippen LogP contribution in [0, 0.1) is 6.92 Å². The number of nitrogens with zero attached hydrogens (tertiary/aromatic N) is 2. The minimum absolute atomic E-state index is 0.118. The van der Waals surface area contributed by atoms with Crippen molar-refractivity contribution >= 4 is 11.7 Å². The molecule has 2 aliphatic rings. The van der Waals surface area contributed by atoms with Crippen molar-refractivity contribution in [3.63, 3.8) is 0 Å². The lowest BCUT2D eigenvalue weighted by atomic mass is 10.1. The molecular weight excluding hydrogens is 339 g/mol. The molecule has 2 N–H and O–H groups in total. The van der Waals surface area contributed by atoms with E-state index in [1.807, 2.05) is 13.0 Å². The number of anilines is 1. The number of pyridine rings is 1. The lowest BCUT2D eigenvalue weighted by Gasteiger charge is -2.34. The van der Waals surface area contributed by atoms with Crippen LogP contribution in [0.4, 0.5) is 19.0 Å². The number of aliphatic hydroxyl groups is 1. The van der Waals surface area contributed by atoms with Gasteiger partial charge in [0.05, 0.1) is 30.5 Å². The third-order valence-electron chi connectivity index (χ3n) is 4.54. The molecule has 1 fully saturated rings. The zero-order chi connectivity index (χ0) is 18.2. The minimum atomic E-state index is -4.66. The third kappa shape index (κ3) is 3.87. The van der Waals surface area contributed by atoms with Gasteiger partial charge in [-0.2, -0.15) is 13.2 Å². The Labute approximate surface area is 143 Å². The van der Waals surface area contributed by atoms with Crippen LogP contribution in [-0.2, 0) is 11.3 Å². The van der Waals surface area contributed by atoms with E-state index in [0.717, 1.165) is 17.1 Å². The van der Waals surface area contributed by atoms with Gasteiger partial charge in [0.1, 0.15) is 5.82 Å². The molecule has 1 atom stereocenters. The van der Waals surface area contributed by atoms with Crippen molar-refractivity contribution < 1.29 is 27.8 Å². The van der Waals surface area contributed by atoms with Gasteiger partial charge in [0.15, 0.2) is 6.10 Å². The highest BCUT2D eigenvalue weighted by Crippen LogP contribution is 2.27. The minimum Gasteiger partial charge on any atom is -0.382 e. The normalized spacial score (nSPS) is 19.7. The van der Waals surface area contributed by atoms with E-state index in [1.165, 1.54) is 0 Å². The lowest BCUT2D eigenvalue weighted by molar-refractivity contribution is -0.221. The first-order valence-corrected chi connectivity index (χ1v) is 8.15. The Hall–Kier alpha value is -1.87. The predicted octanol–water partition coefficient (Wildman–Crippen LogP) is 1.54. The maximum absolute atomic E-state index is 12.3. The summed E-state index contributed by atoms with van der Waals surface area (Å²) < 4.78 is 42.1. The number of aryl methyl sites for hydroxylation is 1. The number of carbonyl (C=O) groups is 1. The molecule has 0 radical (unpaired) electrons. The summed E-state index contributed by atoms with van der Waals surface area (Å²) in [6.07, 6.45) is -6.31. The molecule has 3 rings (SSSR count). The van der Waals surface area contributed by atoms with Crippen LogP contribution in [0.1, 0.15) is 34.5 Å². The second-order valence-corrected chi connectivity index (χ2v) is 6.38. The van der Waals surface area contributed by atoms with Crippen LogP contribution in [0.3, 0.4) is 0 Å². The summed E-state index contributed by atoms with van der Waals surface area (Å²) in [5, 5.41) is 11.7. The number of alkyl halides is 3. The molecule has 0 bridgehead atoms. The molecule has 1 saturated heterocycles. The third-order valence-corrected chi connectivity index (χ3v) is 4.54. The Morgan fingerprint density at radius 1 is 1.44 bits per heavy atom. The first-order valence-electron chi connectivity index (χ1n) is 8.15. The molecule has 6 nitrogen and oxygen atoms in total. The molecular formula is C16H20F3N3O3. The number of amides is 1. The zero-order valence-corrected chi connectivity index (χ0v) is 13.8. The standard InChI is InChI=1S/C16H20F3N3O3/c1-9-6-11-12(7-20-15(11)24)21-14(9)22-4-2-10(3-5-22)25-8-13(23)16(17,18)19/h6,10,13,23H,2-5,7-8H2,1H3,(H,20,24)/t13-/m1/s1. The van der Waals surface area contributed by atoms with Crippen LogP contribution in [0.5, 0.6) is 0 Å². The van der Waals surface area contributed by atoms with Crippen LogP contribution in [0.2, 0.25) is 0 Å². The number of hydrogen-bond donors (Lipinski definition) is 2. The quantitative estimate of drug-likeness (QED) is 0.853. The number of hydrogen-bond acceptors (Lipinski definition) is 5. The van der Waals surface area contributed by atoms with E-state index < -0.39 is 18.9 Å². The average molecular weight is 359 g/mol. The Morgan fingerprint density at radius 2 is 2.12 bits per heavy atom. The summed E-state index contributed by atoms with van der Waals surface area (Å²) in [4.78, 5) is 18.3. The van der Waals surface area contributed by atoms with Gasteiger partial charge in [0.2, 0.25) is 0 Å².